The van der Waals surface area contributed by atoms with E-state index in [0.29, 0.717) is 17.1 Å². The third kappa shape index (κ3) is 5.08. The Labute approximate surface area is 196 Å². The topological polar surface area (TPSA) is 71.1 Å². The molecule has 2 N–H and O–H groups in total. The first-order valence-corrected chi connectivity index (χ1v) is 12.7. The maximum atomic E-state index is 13.0. The third-order valence-electron chi connectivity index (χ3n) is 4.85. The van der Waals surface area contributed by atoms with E-state index in [4.69, 9.17) is 0 Å². The summed E-state index contributed by atoms with van der Waals surface area (Å²) in [6.07, 6.45) is 2.51. The molecule has 0 spiro atoms. The van der Waals surface area contributed by atoms with Crippen molar-refractivity contribution in [2.24, 2.45) is 0 Å². The van der Waals surface area contributed by atoms with Crippen molar-refractivity contribution in [1.29, 1.82) is 0 Å². The van der Waals surface area contributed by atoms with E-state index in [1.807, 2.05) is 36.6 Å². The van der Waals surface area contributed by atoms with Gasteiger partial charge in [-0.05, 0) is 54.1 Å². The van der Waals surface area contributed by atoms with Gasteiger partial charge in [0, 0.05) is 15.4 Å². The lowest BCUT2D eigenvalue weighted by molar-refractivity contribution is -0.118. The van der Waals surface area contributed by atoms with Gasteiger partial charge >= 0.3 is 0 Å². The minimum Gasteiger partial charge on any atom is -0.340 e. The van der Waals surface area contributed by atoms with E-state index < -0.39 is 6.04 Å². The summed E-state index contributed by atoms with van der Waals surface area (Å²) in [5, 5.41) is 8.47. The van der Waals surface area contributed by atoms with Crippen molar-refractivity contribution in [2.75, 3.05) is 17.3 Å². The molecule has 0 saturated heterocycles. The molecular weight excluding hydrogens is 494 g/mol. The molecule has 3 aromatic carbocycles. The van der Waals surface area contributed by atoms with Gasteiger partial charge in [-0.25, -0.2) is 4.98 Å². The summed E-state index contributed by atoms with van der Waals surface area (Å²) in [7, 11) is 0. The van der Waals surface area contributed by atoms with Gasteiger partial charge in [0.2, 0.25) is 5.91 Å². The van der Waals surface area contributed by atoms with Gasteiger partial charge in [-0.1, -0.05) is 57.6 Å². The fourth-order valence-corrected chi connectivity index (χ4v) is 4.88. The van der Waals surface area contributed by atoms with Gasteiger partial charge in [-0.2, -0.15) is 11.8 Å². The van der Waals surface area contributed by atoms with Gasteiger partial charge in [0.25, 0.3) is 5.91 Å². The Morgan fingerprint density at radius 3 is 2.65 bits per heavy atom. The van der Waals surface area contributed by atoms with E-state index >= 15 is 0 Å². The summed E-state index contributed by atoms with van der Waals surface area (Å²) in [4.78, 5) is 30.3. The van der Waals surface area contributed by atoms with Gasteiger partial charge in [-0.3, -0.25) is 9.59 Å². The van der Waals surface area contributed by atoms with Crippen molar-refractivity contribution in [3.8, 4) is 0 Å². The fraction of sp³-hybridized carbons (Fsp3) is 0.174. The van der Waals surface area contributed by atoms with Crippen molar-refractivity contribution in [1.82, 2.24) is 10.3 Å². The molecule has 0 saturated carbocycles. The van der Waals surface area contributed by atoms with Crippen LogP contribution in [0.15, 0.2) is 65.1 Å². The summed E-state index contributed by atoms with van der Waals surface area (Å²) < 4.78 is 1.90. The number of nitrogens with one attached hydrogen (secondary N) is 2. The van der Waals surface area contributed by atoms with Gasteiger partial charge < -0.3 is 10.6 Å². The number of aromatic nitrogens is 1. The first kappa shape index (κ1) is 21.8. The number of halogens is 1. The molecule has 4 aromatic rings. The van der Waals surface area contributed by atoms with Crippen LogP contribution in [0.2, 0.25) is 0 Å². The summed E-state index contributed by atoms with van der Waals surface area (Å²) in [6, 6.07) is 18.5. The van der Waals surface area contributed by atoms with Crippen LogP contribution in [0.3, 0.4) is 0 Å². The highest BCUT2D eigenvalue weighted by Gasteiger charge is 2.22. The molecule has 2 amide bonds. The first-order valence-electron chi connectivity index (χ1n) is 9.69. The molecule has 0 fully saturated rings. The molecular formula is C23H20BrN3O2S2. The van der Waals surface area contributed by atoms with Gasteiger partial charge in [0.15, 0.2) is 5.13 Å². The number of anilines is 1. The van der Waals surface area contributed by atoms with Crippen LogP contribution < -0.4 is 10.6 Å². The highest BCUT2D eigenvalue weighted by Crippen LogP contribution is 2.31. The number of thiazole rings is 1. The molecule has 0 unspecified atom stereocenters. The maximum Gasteiger partial charge on any atom is 0.251 e. The Kier molecular flexibility index (Phi) is 6.89. The second kappa shape index (κ2) is 9.80. The molecule has 0 aliphatic rings. The molecule has 31 heavy (non-hydrogen) atoms. The van der Waals surface area contributed by atoms with Crippen molar-refractivity contribution in [3.63, 3.8) is 0 Å². The van der Waals surface area contributed by atoms with E-state index in [0.717, 1.165) is 31.2 Å². The van der Waals surface area contributed by atoms with E-state index in [9.17, 15) is 9.59 Å². The minimum atomic E-state index is -0.646. The van der Waals surface area contributed by atoms with E-state index in [1.165, 1.54) is 11.3 Å². The SMILES string of the molecule is CSCC[C@H](NC(=O)c1ccc(Br)cc1)C(=O)Nc1nc2c(ccc3ccccc32)s1. The molecule has 0 radical (unpaired) electrons. The fourth-order valence-electron chi connectivity index (χ4n) is 3.25. The number of nitrogens with zero attached hydrogens (tertiary/aromatic N) is 1. The predicted octanol–water partition coefficient (Wildman–Crippen LogP) is 5.70. The maximum absolute atomic E-state index is 13.0. The summed E-state index contributed by atoms with van der Waals surface area (Å²) in [6.45, 7) is 0. The van der Waals surface area contributed by atoms with Crippen LogP contribution in [0.5, 0.6) is 0 Å². The van der Waals surface area contributed by atoms with Crippen LogP contribution >= 0.6 is 39.0 Å². The highest BCUT2D eigenvalue weighted by molar-refractivity contribution is 9.10. The molecule has 1 atom stereocenters. The molecule has 1 aromatic heterocycles. The second-order valence-corrected chi connectivity index (χ2v) is 9.89. The summed E-state index contributed by atoms with van der Waals surface area (Å²) in [5.41, 5.74) is 1.38. The zero-order valence-electron chi connectivity index (χ0n) is 16.7. The van der Waals surface area contributed by atoms with Crippen molar-refractivity contribution < 1.29 is 9.59 Å². The van der Waals surface area contributed by atoms with E-state index in [1.54, 1.807) is 36.0 Å². The molecule has 158 valence electrons. The van der Waals surface area contributed by atoms with Crippen LogP contribution in [-0.4, -0.2) is 34.8 Å². The number of thioether (sulfide) groups is 1. The molecule has 5 nitrogen and oxygen atoms in total. The Morgan fingerprint density at radius 2 is 1.87 bits per heavy atom. The molecule has 8 heteroatoms. The number of fused-ring (bicyclic) bond motifs is 3. The number of carbonyl (C=O) groups is 2. The van der Waals surface area contributed by atoms with Gasteiger partial charge in [0.05, 0.1) is 10.2 Å². The Balaban J connectivity index is 1.53. The summed E-state index contributed by atoms with van der Waals surface area (Å²) >= 11 is 6.43. The van der Waals surface area contributed by atoms with Gasteiger partial charge in [-0.15, -0.1) is 0 Å². The zero-order chi connectivity index (χ0) is 21.8. The van der Waals surface area contributed by atoms with Gasteiger partial charge in [0.1, 0.15) is 6.04 Å². The molecule has 4 rings (SSSR count). The largest absolute Gasteiger partial charge is 0.340 e. The number of hydrogen-bond donors (Lipinski definition) is 2. The van der Waals surface area contributed by atoms with E-state index in [2.05, 4.69) is 37.6 Å². The minimum absolute atomic E-state index is 0.261. The molecule has 0 bridgehead atoms. The number of amides is 2. The third-order valence-corrected chi connectivity index (χ3v) is 6.96. The zero-order valence-corrected chi connectivity index (χ0v) is 19.9. The van der Waals surface area contributed by atoms with Crippen LogP contribution in [0, 0.1) is 0 Å². The predicted molar refractivity (Wildman–Crippen MR) is 134 cm³/mol. The summed E-state index contributed by atoms with van der Waals surface area (Å²) in [5.74, 6) is 0.218. The van der Waals surface area contributed by atoms with Crippen molar-refractivity contribution in [3.05, 3.63) is 70.7 Å². The van der Waals surface area contributed by atoms with Crippen LogP contribution in [0.1, 0.15) is 16.8 Å². The Bertz CT molecular complexity index is 1240. The molecule has 0 aliphatic carbocycles. The molecule has 0 aliphatic heterocycles. The van der Waals surface area contributed by atoms with Crippen molar-refractivity contribution in [2.45, 2.75) is 12.5 Å². The van der Waals surface area contributed by atoms with Crippen molar-refractivity contribution >= 4 is 77.0 Å². The average Bonchev–Trinajstić information content (AvgIpc) is 3.19. The average molecular weight is 514 g/mol. The number of hydrogen-bond acceptors (Lipinski definition) is 5. The second-order valence-electron chi connectivity index (χ2n) is 6.96. The standard InChI is InChI=1S/C23H20BrN3O2S2/c1-30-13-12-18(25-21(28)15-6-9-16(24)10-7-15)22(29)27-23-26-20-17-5-3-2-4-14(17)8-11-19(20)31-23/h2-11,18H,12-13H2,1H3,(H,25,28)(H,26,27,29)/t18-/m0/s1. The lowest BCUT2D eigenvalue weighted by Crippen LogP contribution is -2.44. The monoisotopic (exact) mass is 513 g/mol. The number of benzene rings is 3. The number of rotatable bonds is 7. The van der Waals surface area contributed by atoms with Crippen LogP contribution in [0.4, 0.5) is 5.13 Å². The lowest BCUT2D eigenvalue weighted by atomic mass is 10.1. The Hall–Kier alpha value is -2.42. The van der Waals surface area contributed by atoms with Crippen LogP contribution in [0.25, 0.3) is 21.0 Å². The smallest absolute Gasteiger partial charge is 0.251 e. The Morgan fingerprint density at radius 1 is 1.10 bits per heavy atom. The van der Waals surface area contributed by atoms with E-state index in [-0.39, 0.29) is 11.8 Å². The quantitative estimate of drug-likeness (QED) is 0.332. The number of carbonyl (C=O) groups excluding carboxylic acids is 2. The first-order chi connectivity index (χ1) is 15.0. The highest BCUT2D eigenvalue weighted by atomic mass is 79.9. The van der Waals surface area contributed by atoms with Crippen LogP contribution in [-0.2, 0) is 4.79 Å². The lowest BCUT2D eigenvalue weighted by Gasteiger charge is -2.17. The molecule has 1 heterocycles. The normalized spacial score (nSPS) is 12.1.